The van der Waals surface area contributed by atoms with E-state index in [-0.39, 0.29) is 19.2 Å². The molecule has 1 heterocycles. The number of nitrogens with zero attached hydrogens (tertiary/aromatic N) is 2. The largest absolute Gasteiger partial charge is 0.380 e. The summed E-state index contributed by atoms with van der Waals surface area (Å²) in [5.41, 5.74) is 0. The molecule has 19 heavy (non-hydrogen) atoms. The molecule has 114 valence electrons. The SMILES string of the molecule is CCCOCCN1CCN(CCOC(C)C)C1(F)F. The van der Waals surface area contributed by atoms with Crippen molar-refractivity contribution in [1.82, 2.24) is 9.80 Å². The van der Waals surface area contributed by atoms with Crippen molar-refractivity contribution in [3.05, 3.63) is 0 Å². The third-order valence-corrected chi connectivity index (χ3v) is 3.07. The van der Waals surface area contributed by atoms with Crippen LogP contribution >= 0.6 is 0 Å². The molecule has 0 unspecified atom stereocenters. The fourth-order valence-corrected chi connectivity index (χ4v) is 2.02. The van der Waals surface area contributed by atoms with E-state index < -0.39 is 6.17 Å². The van der Waals surface area contributed by atoms with Gasteiger partial charge in [-0.05, 0) is 20.3 Å². The van der Waals surface area contributed by atoms with Gasteiger partial charge in [-0.3, -0.25) is 0 Å². The zero-order chi connectivity index (χ0) is 14.3. The maximum absolute atomic E-state index is 14.0. The van der Waals surface area contributed by atoms with Crippen LogP contribution in [0.15, 0.2) is 0 Å². The van der Waals surface area contributed by atoms with Crippen LogP contribution in [0.3, 0.4) is 0 Å². The molecule has 1 saturated heterocycles. The lowest BCUT2D eigenvalue weighted by molar-refractivity contribution is -0.215. The number of alkyl halides is 2. The van der Waals surface area contributed by atoms with E-state index >= 15 is 0 Å². The van der Waals surface area contributed by atoms with Crippen molar-refractivity contribution in [1.29, 1.82) is 0 Å². The molecule has 0 aromatic rings. The molecule has 1 rings (SSSR count). The molecule has 0 aliphatic carbocycles. The summed E-state index contributed by atoms with van der Waals surface area (Å²) in [5.74, 6) is 0. The molecule has 0 N–H and O–H groups in total. The summed E-state index contributed by atoms with van der Waals surface area (Å²) in [4.78, 5) is 2.35. The van der Waals surface area contributed by atoms with E-state index in [1.165, 1.54) is 9.80 Å². The summed E-state index contributed by atoms with van der Waals surface area (Å²) >= 11 is 0. The highest BCUT2D eigenvalue weighted by atomic mass is 19.3. The Morgan fingerprint density at radius 1 is 1.05 bits per heavy atom. The van der Waals surface area contributed by atoms with Crippen LogP contribution < -0.4 is 0 Å². The van der Waals surface area contributed by atoms with Gasteiger partial charge in [0.2, 0.25) is 0 Å². The molecule has 0 atom stereocenters. The zero-order valence-corrected chi connectivity index (χ0v) is 12.2. The first kappa shape index (κ1) is 16.8. The molecule has 6 heteroatoms. The van der Waals surface area contributed by atoms with Crippen LogP contribution in [0.2, 0.25) is 0 Å². The van der Waals surface area contributed by atoms with E-state index in [1.54, 1.807) is 0 Å². The number of rotatable bonds is 9. The van der Waals surface area contributed by atoms with Gasteiger partial charge in [0.15, 0.2) is 0 Å². The van der Waals surface area contributed by atoms with Gasteiger partial charge in [-0.1, -0.05) is 6.92 Å². The molecular formula is C13H26F2N2O2. The molecule has 0 spiro atoms. The van der Waals surface area contributed by atoms with Gasteiger partial charge in [0, 0.05) is 32.8 Å². The zero-order valence-electron chi connectivity index (χ0n) is 12.2. The fourth-order valence-electron chi connectivity index (χ4n) is 2.02. The fraction of sp³-hybridized carbons (Fsp3) is 1.00. The highest BCUT2D eigenvalue weighted by molar-refractivity contribution is 4.80. The lowest BCUT2D eigenvalue weighted by atomic mass is 10.5. The van der Waals surface area contributed by atoms with Crippen LogP contribution in [0, 0.1) is 0 Å². The third kappa shape index (κ3) is 5.30. The summed E-state index contributed by atoms with van der Waals surface area (Å²) < 4.78 is 38.7. The second-order valence-corrected chi connectivity index (χ2v) is 5.02. The van der Waals surface area contributed by atoms with Crippen LogP contribution in [-0.2, 0) is 9.47 Å². The molecule has 0 bridgehead atoms. The Hall–Kier alpha value is -0.300. The maximum atomic E-state index is 14.0. The summed E-state index contributed by atoms with van der Waals surface area (Å²) in [6.45, 7) is 8.43. The van der Waals surface area contributed by atoms with Crippen LogP contribution in [0.25, 0.3) is 0 Å². The molecule has 1 aliphatic heterocycles. The summed E-state index contributed by atoms with van der Waals surface area (Å²) in [7, 11) is 0. The third-order valence-electron chi connectivity index (χ3n) is 3.07. The molecule has 0 saturated carbocycles. The van der Waals surface area contributed by atoms with E-state index in [0.717, 1.165) is 6.42 Å². The Balaban J connectivity index is 2.30. The Labute approximate surface area is 114 Å². The highest BCUT2D eigenvalue weighted by Crippen LogP contribution is 2.29. The lowest BCUT2D eigenvalue weighted by Crippen LogP contribution is -2.48. The number of hydrogen-bond acceptors (Lipinski definition) is 4. The Morgan fingerprint density at radius 2 is 1.63 bits per heavy atom. The second kappa shape index (κ2) is 8.09. The minimum absolute atomic E-state index is 0.0785. The Kier molecular flexibility index (Phi) is 7.13. The Morgan fingerprint density at radius 3 is 2.16 bits per heavy atom. The van der Waals surface area contributed by atoms with Gasteiger partial charge in [-0.2, -0.15) is 8.78 Å². The van der Waals surface area contributed by atoms with Gasteiger partial charge in [0.05, 0.1) is 19.3 Å². The molecule has 1 aliphatic rings. The normalized spacial score (nSPS) is 20.5. The second-order valence-electron chi connectivity index (χ2n) is 5.02. The molecule has 4 nitrogen and oxygen atoms in total. The van der Waals surface area contributed by atoms with Crippen molar-refractivity contribution in [3.8, 4) is 0 Å². The first-order valence-electron chi connectivity index (χ1n) is 7.05. The number of hydrogen-bond donors (Lipinski definition) is 0. The summed E-state index contributed by atoms with van der Waals surface area (Å²) in [5, 5.41) is 0. The van der Waals surface area contributed by atoms with Gasteiger partial charge in [0.1, 0.15) is 0 Å². The van der Waals surface area contributed by atoms with E-state index in [4.69, 9.17) is 9.47 Å². The molecule has 0 radical (unpaired) electrons. The molecule has 0 aromatic carbocycles. The first-order valence-corrected chi connectivity index (χ1v) is 7.05. The average Bonchev–Trinajstić information content (AvgIpc) is 2.61. The van der Waals surface area contributed by atoms with Crippen LogP contribution in [0.5, 0.6) is 0 Å². The minimum atomic E-state index is -2.88. The van der Waals surface area contributed by atoms with Crippen LogP contribution in [0.1, 0.15) is 27.2 Å². The Bertz CT molecular complexity index is 253. The van der Waals surface area contributed by atoms with Crippen LogP contribution in [-0.4, -0.2) is 68.1 Å². The highest BCUT2D eigenvalue weighted by Gasteiger charge is 2.48. The maximum Gasteiger partial charge on any atom is 0.369 e. The van der Waals surface area contributed by atoms with Crippen molar-refractivity contribution in [2.24, 2.45) is 0 Å². The van der Waals surface area contributed by atoms with Crippen molar-refractivity contribution < 1.29 is 18.3 Å². The average molecular weight is 280 g/mol. The van der Waals surface area contributed by atoms with E-state index in [1.807, 2.05) is 20.8 Å². The summed E-state index contributed by atoms with van der Waals surface area (Å²) in [6.07, 6.45) is -1.89. The van der Waals surface area contributed by atoms with Gasteiger partial charge < -0.3 is 9.47 Å². The summed E-state index contributed by atoms with van der Waals surface area (Å²) in [6, 6.07) is 0. The van der Waals surface area contributed by atoms with Crippen molar-refractivity contribution in [3.63, 3.8) is 0 Å². The lowest BCUT2D eigenvalue weighted by Gasteiger charge is -2.29. The van der Waals surface area contributed by atoms with Gasteiger partial charge in [-0.25, -0.2) is 9.80 Å². The van der Waals surface area contributed by atoms with Gasteiger partial charge >= 0.3 is 6.17 Å². The monoisotopic (exact) mass is 280 g/mol. The molecule has 1 fully saturated rings. The predicted molar refractivity (Wildman–Crippen MR) is 70.3 cm³/mol. The van der Waals surface area contributed by atoms with Crippen molar-refractivity contribution in [2.75, 3.05) is 46.0 Å². The molecule has 0 amide bonds. The molecule has 0 aromatic heterocycles. The van der Waals surface area contributed by atoms with E-state index in [2.05, 4.69) is 0 Å². The topological polar surface area (TPSA) is 24.9 Å². The number of ether oxygens (including phenoxy) is 2. The number of halogens is 2. The predicted octanol–water partition coefficient (Wildman–Crippen LogP) is 2.01. The van der Waals surface area contributed by atoms with Gasteiger partial charge in [0.25, 0.3) is 0 Å². The van der Waals surface area contributed by atoms with Crippen molar-refractivity contribution >= 4 is 0 Å². The standard InChI is InChI=1S/C13H26F2N2O2/c1-4-9-18-10-7-16-5-6-17(13(16,14)15)8-11-19-12(2)3/h12H,4-11H2,1-3H3. The van der Waals surface area contributed by atoms with Gasteiger partial charge in [-0.15, -0.1) is 0 Å². The van der Waals surface area contributed by atoms with Crippen LogP contribution in [0.4, 0.5) is 8.78 Å². The first-order chi connectivity index (χ1) is 8.98. The van der Waals surface area contributed by atoms with E-state index in [9.17, 15) is 8.78 Å². The smallest absolute Gasteiger partial charge is 0.369 e. The molecular weight excluding hydrogens is 254 g/mol. The van der Waals surface area contributed by atoms with Crippen molar-refractivity contribution in [2.45, 2.75) is 39.5 Å². The minimum Gasteiger partial charge on any atom is -0.380 e. The quantitative estimate of drug-likeness (QED) is 0.476. The van der Waals surface area contributed by atoms with E-state index in [0.29, 0.717) is 32.9 Å².